The number of aromatic nitrogens is 3. The number of non-ortho nitro benzene ring substituents is 1. The minimum absolute atomic E-state index is 0.0538. The molecule has 0 aliphatic carbocycles. The Bertz CT molecular complexity index is 1870. The van der Waals surface area contributed by atoms with E-state index < -0.39 is 10.5 Å². The lowest BCUT2D eigenvalue weighted by Gasteiger charge is -2.01. The normalized spacial score (nSPS) is 11.4. The largest absolute Gasteiger partial charge is 0.301 e. The van der Waals surface area contributed by atoms with Gasteiger partial charge in [-0.05, 0) is 23.6 Å². The predicted molar refractivity (Wildman–Crippen MR) is 148 cm³/mol. The standard InChI is InChI=1S/C28H18N6O3S/c35-27-26(31-30-23-12-6-10-18-7-4-5-11-22(18)23)25(20-13-15-21(16-14-20)34(36)37)32-33(27)28-29-24(17-38-28)19-8-2-1-3-9-19/h1-17,32H. The summed E-state index contributed by atoms with van der Waals surface area (Å²) in [5.74, 6) is 0. The maximum atomic E-state index is 13.6. The van der Waals surface area contributed by atoms with Crippen LogP contribution >= 0.6 is 11.3 Å². The molecule has 2 aromatic heterocycles. The number of rotatable bonds is 6. The van der Waals surface area contributed by atoms with E-state index in [1.165, 1.54) is 28.2 Å². The Balaban J connectivity index is 1.48. The van der Waals surface area contributed by atoms with Crippen LogP contribution in [-0.4, -0.2) is 19.7 Å². The number of H-pyrrole nitrogens is 1. The molecule has 0 saturated heterocycles. The van der Waals surface area contributed by atoms with Crippen molar-refractivity contribution in [2.24, 2.45) is 10.2 Å². The zero-order chi connectivity index (χ0) is 26.1. The molecule has 0 aliphatic heterocycles. The first kappa shape index (κ1) is 23.2. The Morgan fingerprint density at radius 1 is 0.842 bits per heavy atom. The molecule has 4 aromatic carbocycles. The Hall–Kier alpha value is -5.22. The molecule has 6 rings (SSSR count). The smallest absolute Gasteiger partial charge is 0.286 e. The van der Waals surface area contributed by atoms with Gasteiger partial charge in [-0.1, -0.05) is 66.7 Å². The molecule has 0 bridgehead atoms. The van der Waals surface area contributed by atoms with E-state index in [2.05, 4.69) is 20.3 Å². The second kappa shape index (κ2) is 9.68. The number of hydrogen-bond acceptors (Lipinski definition) is 7. The summed E-state index contributed by atoms with van der Waals surface area (Å²) in [6.45, 7) is 0. The molecular weight excluding hydrogens is 500 g/mol. The van der Waals surface area contributed by atoms with Crippen LogP contribution in [0.2, 0.25) is 0 Å². The van der Waals surface area contributed by atoms with Crippen LogP contribution in [0.1, 0.15) is 0 Å². The van der Waals surface area contributed by atoms with Crippen LogP contribution in [0.5, 0.6) is 0 Å². The highest BCUT2D eigenvalue weighted by atomic mass is 32.1. The Kier molecular flexibility index (Phi) is 5.91. The zero-order valence-corrected chi connectivity index (χ0v) is 20.5. The van der Waals surface area contributed by atoms with Crippen molar-refractivity contribution in [1.29, 1.82) is 0 Å². The molecule has 0 spiro atoms. The van der Waals surface area contributed by atoms with Crippen LogP contribution in [-0.2, 0) is 0 Å². The number of hydrogen-bond donors (Lipinski definition) is 1. The fourth-order valence-corrected chi connectivity index (χ4v) is 4.91. The number of thiazole rings is 1. The van der Waals surface area contributed by atoms with E-state index in [0.29, 0.717) is 22.1 Å². The lowest BCUT2D eigenvalue weighted by molar-refractivity contribution is -0.384. The van der Waals surface area contributed by atoms with Gasteiger partial charge in [-0.3, -0.25) is 20.0 Å². The third-order valence-corrected chi connectivity index (χ3v) is 6.84. The minimum atomic E-state index is -0.473. The van der Waals surface area contributed by atoms with Gasteiger partial charge in [0.1, 0.15) is 0 Å². The maximum absolute atomic E-state index is 13.6. The first-order valence-corrected chi connectivity index (χ1v) is 12.5. The molecule has 38 heavy (non-hydrogen) atoms. The van der Waals surface area contributed by atoms with Crippen molar-refractivity contribution in [3.63, 3.8) is 0 Å². The molecule has 9 nitrogen and oxygen atoms in total. The van der Waals surface area contributed by atoms with E-state index in [9.17, 15) is 14.9 Å². The zero-order valence-electron chi connectivity index (χ0n) is 19.7. The van der Waals surface area contributed by atoms with Gasteiger partial charge < -0.3 is 0 Å². The molecule has 6 aromatic rings. The molecule has 0 fully saturated rings. The second-order valence-corrected chi connectivity index (χ2v) is 9.20. The number of benzene rings is 4. The van der Waals surface area contributed by atoms with Crippen LogP contribution < -0.4 is 5.56 Å². The van der Waals surface area contributed by atoms with Gasteiger partial charge in [0.05, 0.1) is 22.0 Å². The van der Waals surface area contributed by atoms with Gasteiger partial charge in [0, 0.05) is 34.0 Å². The van der Waals surface area contributed by atoms with Crippen molar-refractivity contribution in [1.82, 2.24) is 14.8 Å². The molecule has 0 radical (unpaired) electrons. The van der Waals surface area contributed by atoms with Gasteiger partial charge in [0.2, 0.25) is 5.13 Å². The van der Waals surface area contributed by atoms with Gasteiger partial charge in [0.25, 0.3) is 5.69 Å². The van der Waals surface area contributed by atoms with Crippen molar-refractivity contribution >= 4 is 39.2 Å². The third-order valence-electron chi connectivity index (χ3n) is 6.01. The van der Waals surface area contributed by atoms with Crippen molar-refractivity contribution in [2.75, 3.05) is 0 Å². The van der Waals surface area contributed by atoms with E-state index in [0.717, 1.165) is 22.0 Å². The monoisotopic (exact) mass is 518 g/mol. The molecule has 1 N–H and O–H groups in total. The van der Waals surface area contributed by atoms with Crippen LogP contribution in [0.15, 0.2) is 117 Å². The fraction of sp³-hybridized carbons (Fsp3) is 0. The molecular formula is C28H18N6O3S. The van der Waals surface area contributed by atoms with Gasteiger partial charge >= 0.3 is 5.56 Å². The highest BCUT2D eigenvalue weighted by Crippen LogP contribution is 2.32. The first-order valence-electron chi connectivity index (χ1n) is 11.6. The summed E-state index contributed by atoms with van der Waals surface area (Å²) in [6.07, 6.45) is 0. The summed E-state index contributed by atoms with van der Waals surface area (Å²) in [5.41, 5.74) is 2.81. The van der Waals surface area contributed by atoms with Crippen LogP contribution in [0.4, 0.5) is 17.1 Å². The Labute approximate surface area is 219 Å². The van der Waals surface area contributed by atoms with Crippen molar-refractivity contribution in [2.45, 2.75) is 0 Å². The van der Waals surface area contributed by atoms with E-state index >= 15 is 0 Å². The number of nitrogens with zero attached hydrogens (tertiary/aromatic N) is 5. The summed E-state index contributed by atoms with van der Waals surface area (Å²) in [6, 6.07) is 29.0. The van der Waals surface area contributed by atoms with Gasteiger partial charge in [-0.15, -0.1) is 21.6 Å². The average molecular weight is 519 g/mol. The van der Waals surface area contributed by atoms with Crippen molar-refractivity contribution in [3.05, 3.63) is 123 Å². The molecule has 10 heteroatoms. The highest BCUT2D eigenvalue weighted by Gasteiger charge is 2.20. The molecule has 0 unspecified atom stereocenters. The molecule has 0 atom stereocenters. The van der Waals surface area contributed by atoms with Crippen LogP contribution in [0.3, 0.4) is 0 Å². The van der Waals surface area contributed by atoms with Gasteiger partial charge in [0.15, 0.2) is 5.69 Å². The Morgan fingerprint density at radius 3 is 2.37 bits per heavy atom. The predicted octanol–water partition coefficient (Wildman–Crippen LogP) is 7.43. The molecule has 0 saturated carbocycles. The minimum Gasteiger partial charge on any atom is -0.286 e. The SMILES string of the molecule is O=c1c(N=Nc2cccc3ccccc23)c(-c2ccc([N+](=O)[O-])cc2)[nH]n1-c1nc(-c2ccccc2)cs1. The molecule has 0 amide bonds. The summed E-state index contributed by atoms with van der Waals surface area (Å²) in [4.78, 5) is 28.9. The summed E-state index contributed by atoms with van der Waals surface area (Å²) < 4.78 is 1.32. The number of nitrogens with one attached hydrogen (secondary N) is 1. The number of nitro groups is 1. The topological polar surface area (TPSA) is 119 Å². The Morgan fingerprint density at radius 2 is 1.58 bits per heavy atom. The lowest BCUT2D eigenvalue weighted by atomic mass is 10.1. The quantitative estimate of drug-likeness (QED) is 0.140. The van der Waals surface area contributed by atoms with E-state index in [1.807, 2.05) is 78.2 Å². The third kappa shape index (κ3) is 4.29. The molecule has 184 valence electrons. The first-order chi connectivity index (χ1) is 18.6. The number of aromatic amines is 1. The highest BCUT2D eigenvalue weighted by molar-refractivity contribution is 7.12. The number of fused-ring (bicyclic) bond motifs is 1. The van der Waals surface area contributed by atoms with Gasteiger partial charge in [-0.25, -0.2) is 4.98 Å². The molecule has 0 aliphatic rings. The average Bonchev–Trinajstić information content (AvgIpc) is 3.57. The summed E-state index contributed by atoms with van der Waals surface area (Å²) >= 11 is 1.31. The fourth-order valence-electron chi connectivity index (χ4n) is 4.11. The van der Waals surface area contributed by atoms with Crippen LogP contribution in [0.25, 0.3) is 38.4 Å². The van der Waals surface area contributed by atoms with Crippen molar-refractivity contribution < 1.29 is 4.92 Å². The van der Waals surface area contributed by atoms with Crippen molar-refractivity contribution in [3.8, 4) is 27.6 Å². The van der Waals surface area contributed by atoms with Gasteiger partial charge in [-0.2, -0.15) is 4.68 Å². The summed E-state index contributed by atoms with van der Waals surface area (Å²) in [7, 11) is 0. The number of nitro benzene ring substituents is 1. The maximum Gasteiger partial charge on any atom is 0.301 e. The molecule has 2 heterocycles. The second-order valence-electron chi connectivity index (χ2n) is 8.36. The number of azo groups is 1. The lowest BCUT2D eigenvalue weighted by Crippen LogP contribution is -2.13. The van der Waals surface area contributed by atoms with E-state index in [-0.39, 0.29) is 11.4 Å². The summed E-state index contributed by atoms with van der Waals surface area (Å²) in [5, 5.41) is 27.3. The van der Waals surface area contributed by atoms with Crippen LogP contribution in [0, 0.1) is 10.1 Å². The van der Waals surface area contributed by atoms with E-state index in [1.54, 1.807) is 12.1 Å². The van der Waals surface area contributed by atoms with E-state index in [4.69, 9.17) is 0 Å².